The molecular weight excluding hydrogens is 226 g/mol. The molecule has 1 rings (SSSR count). The van der Waals surface area contributed by atoms with Crippen molar-refractivity contribution < 1.29 is 5.11 Å². The van der Waals surface area contributed by atoms with E-state index in [4.69, 9.17) is 0 Å². The Kier molecular flexibility index (Phi) is 7.25. The van der Waals surface area contributed by atoms with Crippen LogP contribution in [0.2, 0.25) is 0 Å². The van der Waals surface area contributed by atoms with Gasteiger partial charge in [-0.3, -0.25) is 10.3 Å². The predicted octanol–water partition coefficient (Wildman–Crippen LogP) is 0.816. The number of hydrogen-bond acceptors (Lipinski definition) is 4. The van der Waals surface area contributed by atoms with Crippen molar-refractivity contribution in [2.45, 2.75) is 25.6 Å². The van der Waals surface area contributed by atoms with Crippen LogP contribution in [0.3, 0.4) is 0 Å². The Hall–Kier alpha value is -1.23. The van der Waals surface area contributed by atoms with E-state index in [1.165, 1.54) is 5.56 Å². The third kappa shape index (κ3) is 5.40. The molecular formula is C14H23N3O. The smallest absolute Gasteiger partial charge is 0.125 e. The van der Waals surface area contributed by atoms with Crippen molar-refractivity contribution in [2.24, 2.45) is 4.99 Å². The number of likely N-dealkylation sites (N-methyl/N-ethyl adjacent to an activating group) is 1. The molecule has 0 heterocycles. The van der Waals surface area contributed by atoms with Crippen LogP contribution in [-0.4, -0.2) is 43.7 Å². The van der Waals surface area contributed by atoms with Crippen LogP contribution in [-0.2, 0) is 6.42 Å². The van der Waals surface area contributed by atoms with Gasteiger partial charge in [-0.25, -0.2) is 0 Å². The number of aliphatic hydroxyl groups excluding tert-OH is 1. The van der Waals surface area contributed by atoms with Crippen LogP contribution in [0, 0.1) is 0 Å². The predicted molar refractivity (Wildman–Crippen MR) is 76.0 cm³/mol. The first-order valence-corrected chi connectivity index (χ1v) is 6.39. The van der Waals surface area contributed by atoms with Crippen molar-refractivity contribution >= 4 is 6.21 Å². The molecule has 1 aromatic carbocycles. The Bertz CT molecular complexity index is 340. The SMILES string of the molecule is CCNC(C=NC)C(O)NCCc1ccccc1. The second kappa shape index (κ2) is 8.80. The van der Waals surface area contributed by atoms with Gasteiger partial charge in [0.1, 0.15) is 6.23 Å². The fourth-order valence-electron chi connectivity index (χ4n) is 1.78. The Morgan fingerprint density at radius 3 is 2.61 bits per heavy atom. The molecule has 0 bridgehead atoms. The van der Waals surface area contributed by atoms with Gasteiger partial charge >= 0.3 is 0 Å². The molecule has 0 saturated heterocycles. The number of benzene rings is 1. The van der Waals surface area contributed by atoms with E-state index < -0.39 is 6.23 Å². The lowest BCUT2D eigenvalue weighted by Gasteiger charge is -2.21. The summed E-state index contributed by atoms with van der Waals surface area (Å²) in [5.74, 6) is 0. The highest BCUT2D eigenvalue weighted by Crippen LogP contribution is 1.98. The molecule has 1 aromatic rings. The van der Waals surface area contributed by atoms with Crippen molar-refractivity contribution in [2.75, 3.05) is 20.1 Å². The normalized spacial score (nSPS) is 14.8. The summed E-state index contributed by atoms with van der Waals surface area (Å²) in [5, 5.41) is 16.3. The summed E-state index contributed by atoms with van der Waals surface area (Å²) in [6, 6.07) is 10.1. The zero-order valence-electron chi connectivity index (χ0n) is 11.1. The van der Waals surface area contributed by atoms with Gasteiger partial charge in [-0.1, -0.05) is 37.3 Å². The van der Waals surface area contributed by atoms with Gasteiger partial charge in [-0.15, -0.1) is 0 Å². The maximum absolute atomic E-state index is 9.98. The summed E-state index contributed by atoms with van der Waals surface area (Å²) in [6.07, 6.45) is 2.02. The fraction of sp³-hybridized carbons (Fsp3) is 0.500. The van der Waals surface area contributed by atoms with E-state index in [0.717, 1.165) is 19.5 Å². The number of aliphatic hydroxyl groups is 1. The number of aliphatic imine (C=N–C) groups is 1. The monoisotopic (exact) mass is 249 g/mol. The highest BCUT2D eigenvalue weighted by Gasteiger charge is 2.14. The molecule has 18 heavy (non-hydrogen) atoms. The van der Waals surface area contributed by atoms with Crippen molar-refractivity contribution in [1.82, 2.24) is 10.6 Å². The molecule has 0 saturated carbocycles. The van der Waals surface area contributed by atoms with Gasteiger partial charge in [0.25, 0.3) is 0 Å². The summed E-state index contributed by atoms with van der Waals surface area (Å²) in [6.45, 7) is 3.55. The van der Waals surface area contributed by atoms with Gasteiger partial charge in [0, 0.05) is 19.8 Å². The van der Waals surface area contributed by atoms with E-state index in [9.17, 15) is 5.11 Å². The Balaban J connectivity index is 2.33. The van der Waals surface area contributed by atoms with Crippen LogP contribution in [0.4, 0.5) is 0 Å². The van der Waals surface area contributed by atoms with Crippen LogP contribution >= 0.6 is 0 Å². The molecule has 2 atom stereocenters. The van der Waals surface area contributed by atoms with E-state index in [2.05, 4.69) is 27.8 Å². The minimum absolute atomic E-state index is 0.143. The summed E-state index contributed by atoms with van der Waals surface area (Å²) >= 11 is 0. The minimum Gasteiger partial charge on any atom is -0.377 e. The molecule has 4 heteroatoms. The van der Waals surface area contributed by atoms with Crippen molar-refractivity contribution in [3.8, 4) is 0 Å². The summed E-state index contributed by atoms with van der Waals surface area (Å²) in [7, 11) is 1.71. The van der Waals surface area contributed by atoms with Gasteiger partial charge in [-0.05, 0) is 18.5 Å². The standard InChI is InChI=1S/C14H23N3O/c1-3-16-13(11-15-2)14(18)17-10-9-12-7-5-4-6-8-12/h4-8,11,13-14,16-18H,3,9-10H2,1-2H3. The lowest BCUT2D eigenvalue weighted by Crippen LogP contribution is -2.49. The number of nitrogens with one attached hydrogen (secondary N) is 2. The van der Waals surface area contributed by atoms with E-state index >= 15 is 0 Å². The Morgan fingerprint density at radius 2 is 2.00 bits per heavy atom. The molecule has 0 aliphatic carbocycles. The molecule has 0 spiro atoms. The molecule has 100 valence electrons. The number of nitrogens with zero attached hydrogens (tertiary/aromatic N) is 1. The molecule has 3 N–H and O–H groups in total. The second-order valence-electron chi connectivity index (χ2n) is 4.13. The van der Waals surface area contributed by atoms with E-state index in [-0.39, 0.29) is 6.04 Å². The highest BCUT2D eigenvalue weighted by molar-refractivity contribution is 5.64. The average molecular weight is 249 g/mol. The molecule has 0 aliphatic heterocycles. The summed E-state index contributed by atoms with van der Waals surface area (Å²) in [5.41, 5.74) is 1.27. The molecule has 4 nitrogen and oxygen atoms in total. The molecule has 0 amide bonds. The third-order valence-corrected chi connectivity index (χ3v) is 2.70. The molecule has 0 radical (unpaired) electrons. The zero-order valence-corrected chi connectivity index (χ0v) is 11.1. The first-order chi connectivity index (χ1) is 8.77. The largest absolute Gasteiger partial charge is 0.377 e. The maximum Gasteiger partial charge on any atom is 0.125 e. The van der Waals surface area contributed by atoms with Crippen LogP contribution in [0.5, 0.6) is 0 Å². The second-order valence-corrected chi connectivity index (χ2v) is 4.13. The van der Waals surface area contributed by atoms with Crippen LogP contribution < -0.4 is 10.6 Å². The highest BCUT2D eigenvalue weighted by atomic mass is 16.3. The van der Waals surface area contributed by atoms with Gasteiger partial charge < -0.3 is 10.4 Å². The first kappa shape index (κ1) is 14.8. The van der Waals surface area contributed by atoms with Gasteiger partial charge in [0.2, 0.25) is 0 Å². The first-order valence-electron chi connectivity index (χ1n) is 6.39. The lowest BCUT2D eigenvalue weighted by molar-refractivity contribution is 0.120. The average Bonchev–Trinajstić information content (AvgIpc) is 2.39. The van der Waals surface area contributed by atoms with E-state index in [0.29, 0.717) is 0 Å². The van der Waals surface area contributed by atoms with Crippen LogP contribution in [0.25, 0.3) is 0 Å². The van der Waals surface area contributed by atoms with Crippen LogP contribution in [0.1, 0.15) is 12.5 Å². The lowest BCUT2D eigenvalue weighted by atomic mass is 10.1. The summed E-state index contributed by atoms with van der Waals surface area (Å²) < 4.78 is 0. The zero-order chi connectivity index (χ0) is 13.2. The van der Waals surface area contributed by atoms with Gasteiger partial charge in [-0.2, -0.15) is 0 Å². The molecule has 0 fully saturated rings. The van der Waals surface area contributed by atoms with Crippen molar-refractivity contribution in [3.63, 3.8) is 0 Å². The molecule has 0 aliphatic rings. The van der Waals surface area contributed by atoms with E-state index in [1.807, 2.05) is 25.1 Å². The third-order valence-electron chi connectivity index (χ3n) is 2.70. The van der Waals surface area contributed by atoms with Crippen molar-refractivity contribution in [3.05, 3.63) is 35.9 Å². The molecule has 2 unspecified atom stereocenters. The fourth-order valence-corrected chi connectivity index (χ4v) is 1.78. The molecule has 0 aromatic heterocycles. The Morgan fingerprint density at radius 1 is 1.28 bits per heavy atom. The Labute approximate surface area is 109 Å². The van der Waals surface area contributed by atoms with E-state index in [1.54, 1.807) is 13.3 Å². The minimum atomic E-state index is -0.614. The number of rotatable bonds is 8. The van der Waals surface area contributed by atoms with Crippen LogP contribution in [0.15, 0.2) is 35.3 Å². The number of hydrogen-bond donors (Lipinski definition) is 3. The summed E-state index contributed by atoms with van der Waals surface area (Å²) in [4.78, 5) is 3.95. The quantitative estimate of drug-likeness (QED) is 0.472. The van der Waals surface area contributed by atoms with Gasteiger partial charge in [0.15, 0.2) is 0 Å². The van der Waals surface area contributed by atoms with Gasteiger partial charge in [0.05, 0.1) is 6.04 Å². The van der Waals surface area contributed by atoms with Crippen molar-refractivity contribution in [1.29, 1.82) is 0 Å². The topological polar surface area (TPSA) is 56.7 Å². The maximum atomic E-state index is 9.98.